The first-order chi connectivity index (χ1) is 21.6. The Kier molecular flexibility index (Phi) is 5.45. The van der Waals surface area contributed by atoms with Crippen molar-refractivity contribution in [2.45, 2.75) is 19.3 Å². The summed E-state index contributed by atoms with van der Waals surface area (Å²) in [6.45, 7) is 4.73. The predicted octanol–water partition coefficient (Wildman–Crippen LogP) is 11.8. The molecule has 2 nitrogen and oxygen atoms in total. The molecule has 0 aliphatic carbocycles. The van der Waals surface area contributed by atoms with Crippen molar-refractivity contribution in [3.8, 4) is 16.8 Å². The van der Waals surface area contributed by atoms with Crippen molar-refractivity contribution >= 4 is 60.3 Å². The molecular weight excluding hydrogens is 553 g/mol. The number of rotatable bonds is 3. The van der Waals surface area contributed by atoms with Crippen molar-refractivity contribution < 1.29 is 0 Å². The molecule has 0 saturated carbocycles. The average molecular weight is 583 g/mol. The van der Waals surface area contributed by atoms with E-state index in [-0.39, 0.29) is 5.41 Å². The zero-order valence-corrected chi connectivity index (χ0v) is 25.5. The average Bonchev–Trinajstić information content (AvgIpc) is 3.63. The van der Waals surface area contributed by atoms with E-state index in [1.807, 2.05) is 11.3 Å². The van der Waals surface area contributed by atoms with E-state index in [9.17, 15) is 0 Å². The normalized spacial score (nSPS) is 13.8. The molecule has 3 heterocycles. The standard InChI is InChI=1S/C41H30N2S/c1-41(2)34-16-8-10-18-37(34)43(39-32-15-7-11-19-38(32)44-40(39)41)30-23-20-27(21-24-30)28-22-25-36-33(26-28)31-14-6-9-17-35(31)42(36)29-12-4-3-5-13-29/h3-26H,1-2H3. The van der Waals surface area contributed by atoms with Gasteiger partial charge in [-0.2, -0.15) is 0 Å². The van der Waals surface area contributed by atoms with Crippen LogP contribution in [0, 0.1) is 0 Å². The van der Waals surface area contributed by atoms with Gasteiger partial charge in [0.2, 0.25) is 0 Å². The minimum atomic E-state index is -0.0691. The molecule has 8 aromatic rings. The lowest BCUT2D eigenvalue weighted by molar-refractivity contribution is 0.647. The lowest BCUT2D eigenvalue weighted by Gasteiger charge is -2.40. The highest BCUT2D eigenvalue weighted by Crippen LogP contribution is 2.57. The fraction of sp³-hybridized carbons (Fsp3) is 0.0732. The molecule has 0 radical (unpaired) electrons. The number of fused-ring (bicyclic) bond motifs is 7. The van der Waals surface area contributed by atoms with Gasteiger partial charge in [-0.25, -0.2) is 0 Å². The first-order valence-electron chi connectivity index (χ1n) is 15.2. The Bertz CT molecular complexity index is 2360. The van der Waals surface area contributed by atoms with E-state index in [1.54, 1.807) is 0 Å². The second-order valence-electron chi connectivity index (χ2n) is 12.2. The summed E-state index contributed by atoms with van der Waals surface area (Å²) >= 11 is 1.93. The summed E-state index contributed by atoms with van der Waals surface area (Å²) in [6, 6.07) is 53.2. The molecule has 2 aromatic heterocycles. The summed E-state index contributed by atoms with van der Waals surface area (Å²) in [4.78, 5) is 3.90. The van der Waals surface area contributed by atoms with E-state index < -0.39 is 0 Å². The highest BCUT2D eigenvalue weighted by molar-refractivity contribution is 7.20. The highest BCUT2D eigenvalue weighted by Gasteiger charge is 2.39. The quantitative estimate of drug-likeness (QED) is 0.201. The molecule has 9 rings (SSSR count). The number of hydrogen-bond acceptors (Lipinski definition) is 2. The van der Waals surface area contributed by atoms with Gasteiger partial charge in [0, 0.05) is 42.5 Å². The number of hydrogen-bond donors (Lipinski definition) is 0. The largest absolute Gasteiger partial charge is 0.309 e. The number of anilines is 3. The van der Waals surface area contributed by atoms with Crippen LogP contribution in [-0.2, 0) is 5.41 Å². The topological polar surface area (TPSA) is 8.17 Å². The number of nitrogens with zero attached hydrogens (tertiary/aromatic N) is 2. The van der Waals surface area contributed by atoms with Crippen LogP contribution in [0.1, 0.15) is 24.3 Å². The fourth-order valence-electron chi connectivity index (χ4n) is 7.20. The van der Waals surface area contributed by atoms with Crippen LogP contribution in [0.25, 0.3) is 48.7 Å². The van der Waals surface area contributed by atoms with E-state index >= 15 is 0 Å². The maximum absolute atomic E-state index is 2.48. The molecule has 0 bridgehead atoms. The van der Waals surface area contributed by atoms with Crippen molar-refractivity contribution in [1.29, 1.82) is 0 Å². The lowest BCUT2D eigenvalue weighted by Crippen LogP contribution is -2.29. The van der Waals surface area contributed by atoms with Gasteiger partial charge in [0.05, 0.1) is 22.4 Å². The smallest absolute Gasteiger partial charge is 0.0688 e. The summed E-state index contributed by atoms with van der Waals surface area (Å²) in [5, 5.41) is 3.86. The number of para-hydroxylation sites is 3. The van der Waals surface area contributed by atoms with Crippen LogP contribution in [0.2, 0.25) is 0 Å². The molecule has 0 saturated heterocycles. The Morgan fingerprint density at radius 3 is 2.02 bits per heavy atom. The maximum Gasteiger partial charge on any atom is 0.0688 e. The van der Waals surface area contributed by atoms with E-state index in [4.69, 9.17) is 0 Å². The predicted molar refractivity (Wildman–Crippen MR) is 188 cm³/mol. The zero-order valence-electron chi connectivity index (χ0n) is 24.7. The third-order valence-corrected chi connectivity index (χ3v) is 10.8. The molecule has 44 heavy (non-hydrogen) atoms. The van der Waals surface area contributed by atoms with E-state index in [1.165, 1.54) is 76.2 Å². The molecule has 0 amide bonds. The van der Waals surface area contributed by atoms with Crippen LogP contribution in [-0.4, -0.2) is 4.57 Å². The van der Waals surface area contributed by atoms with Crippen LogP contribution in [0.15, 0.2) is 146 Å². The van der Waals surface area contributed by atoms with Gasteiger partial charge < -0.3 is 9.47 Å². The Balaban J connectivity index is 1.18. The Hall–Kier alpha value is -5.12. The van der Waals surface area contributed by atoms with Crippen LogP contribution in [0.4, 0.5) is 17.1 Å². The Labute approximate surface area is 261 Å². The van der Waals surface area contributed by atoms with Crippen molar-refractivity contribution in [2.24, 2.45) is 0 Å². The van der Waals surface area contributed by atoms with Gasteiger partial charge in [0.15, 0.2) is 0 Å². The molecule has 3 heteroatoms. The van der Waals surface area contributed by atoms with Gasteiger partial charge in [0.25, 0.3) is 0 Å². The minimum absolute atomic E-state index is 0.0691. The van der Waals surface area contributed by atoms with Gasteiger partial charge in [0.1, 0.15) is 0 Å². The molecule has 0 spiro atoms. The zero-order chi connectivity index (χ0) is 29.4. The summed E-state index contributed by atoms with van der Waals surface area (Å²) in [5.41, 5.74) is 11.1. The lowest BCUT2D eigenvalue weighted by atomic mass is 9.78. The SMILES string of the molecule is CC1(C)c2ccccc2N(c2ccc(-c3ccc4c(c3)c3ccccc3n4-c3ccccc3)cc2)c2c1sc1ccccc21. The van der Waals surface area contributed by atoms with Crippen LogP contribution >= 0.6 is 11.3 Å². The van der Waals surface area contributed by atoms with Crippen molar-refractivity contribution in [3.63, 3.8) is 0 Å². The fourth-order valence-corrected chi connectivity index (χ4v) is 8.50. The van der Waals surface area contributed by atoms with Crippen molar-refractivity contribution in [1.82, 2.24) is 4.57 Å². The van der Waals surface area contributed by atoms with Gasteiger partial charge in [-0.3, -0.25) is 0 Å². The summed E-state index contributed by atoms with van der Waals surface area (Å²) in [5.74, 6) is 0. The first-order valence-corrected chi connectivity index (χ1v) is 16.0. The van der Waals surface area contributed by atoms with E-state index in [0.29, 0.717) is 0 Å². The van der Waals surface area contributed by atoms with Gasteiger partial charge in [-0.15, -0.1) is 11.3 Å². The van der Waals surface area contributed by atoms with Crippen molar-refractivity contribution in [2.75, 3.05) is 4.90 Å². The monoisotopic (exact) mass is 582 g/mol. The van der Waals surface area contributed by atoms with E-state index in [2.05, 4.69) is 169 Å². The molecule has 0 fully saturated rings. The molecule has 1 aliphatic rings. The van der Waals surface area contributed by atoms with Crippen LogP contribution in [0.5, 0.6) is 0 Å². The van der Waals surface area contributed by atoms with Crippen LogP contribution < -0.4 is 4.90 Å². The number of benzene rings is 6. The minimum Gasteiger partial charge on any atom is -0.309 e. The third-order valence-electron chi connectivity index (χ3n) is 9.32. The molecular formula is C41H30N2S. The summed E-state index contributed by atoms with van der Waals surface area (Å²) in [7, 11) is 0. The molecule has 0 unspecified atom stereocenters. The summed E-state index contributed by atoms with van der Waals surface area (Å²) < 4.78 is 3.71. The van der Waals surface area contributed by atoms with Crippen molar-refractivity contribution in [3.05, 3.63) is 156 Å². The Morgan fingerprint density at radius 1 is 0.523 bits per heavy atom. The number of thiophene rings is 1. The number of aromatic nitrogens is 1. The molecule has 1 aliphatic heterocycles. The second-order valence-corrected chi connectivity index (χ2v) is 13.3. The molecule has 0 N–H and O–H groups in total. The second kappa shape index (κ2) is 9.44. The molecule has 210 valence electrons. The van der Waals surface area contributed by atoms with Crippen LogP contribution in [0.3, 0.4) is 0 Å². The molecule has 0 atom stereocenters. The van der Waals surface area contributed by atoms with Gasteiger partial charge in [-0.05, 0) is 71.3 Å². The van der Waals surface area contributed by atoms with Gasteiger partial charge >= 0.3 is 0 Å². The first kappa shape index (κ1) is 25.4. The summed E-state index contributed by atoms with van der Waals surface area (Å²) in [6.07, 6.45) is 0. The highest BCUT2D eigenvalue weighted by atomic mass is 32.1. The van der Waals surface area contributed by atoms with Gasteiger partial charge in [-0.1, -0.05) is 105 Å². The van der Waals surface area contributed by atoms with E-state index in [0.717, 1.165) is 0 Å². The Morgan fingerprint density at radius 2 is 1.18 bits per heavy atom. The molecule has 6 aromatic carbocycles. The maximum atomic E-state index is 2.48. The third kappa shape index (κ3) is 3.60.